The van der Waals surface area contributed by atoms with Gasteiger partial charge in [0.15, 0.2) is 0 Å². The van der Waals surface area contributed by atoms with Gasteiger partial charge in [0.05, 0.1) is 22.8 Å². The van der Waals surface area contributed by atoms with Crippen molar-refractivity contribution in [3.8, 4) is 0 Å². The summed E-state index contributed by atoms with van der Waals surface area (Å²) in [5.41, 5.74) is 4.23. The summed E-state index contributed by atoms with van der Waals surface area (Å²) < 4.78 is 26.8. The quantitative estimate of drug-likeness (QED) is 0.328. The van der Waals surface area contributed by atoms with Gasteiger partial charge in [-0.25, -0.2) is 18.8 Å². The highest BCUT2D eigenvalue weighted by Gasteiger charge is 2.15. The fraction of sp³-hybridized carbons (Fsp3) is 0. The molecule has 0 radical (unpaired) electrons. The fourth-order valence-corrected chi connectivity index (χ4v) is 2.99. The van der Waals surface area contributed by atoms with E-state index in [4.69, 9.17) is 9.98 Å². The third kappa shape index (κ3) is 4.73. The van der Waals surface area contributed by atoms with E-state index in [1.165, 1.54) is 24.3 Å². The maximum absolute atomic E-state index is 13.4. The second-order valence-electron chi connectivity index (χ2n) is 6.61. The van der Waals surface area contributed by atoms with Crippen molar-refractivity contribution in [1.82, 2.24) is 0 Å². The lowest BCUT2D eigenvalue weighted by atomic mass is 9.99. The minimum Gasteiger partial charge on any atom is -0.246 e. The van der Waals surface area contributed by atoms with E-state index in [9.17, 15) is 8.78 Å². The van der Waals surface area contributed by atoms with Gasteiger partial charge in [-0.15, -0.1) is 0 Å². The zero-order chi connectivity index (χ0) is 20.8. The number of aliphatic imine (C=N–C) groups is 2. The van der Waals surface area contributed by atoms with Crippen LogP contribution >= 0.6 is 0 Å². The number of rotatable bonds is 5. The molecular weight excluding hydrogens is 378 g/mol. The Kier molecular flexibility index (Phi) is 5.85. The highest BCUT2D eigenvalue weighted by atomic mass is 19.1. The van der Waals surface area contributed by atoms with E-state index in [0.29, 0.717) is 22.8 Å². The lowest BCUT2D eigenvalue weighted by Gasteiger charge is -2.12. The van der Waals surface area contributed by atoms with E-state index in [-0.39, 0.29) is 11.6 Å². The molecule has 0 aliphatic carbocycles. The molecule has 146 valence electrons. The Labute approximate surface area is 173 Å². The average Bonchev–Trinajstić information content (AvgIpc) is 2.80. The van der Waals surface area contributed by atoms with Gasteiger partial charge in [-0.2, -0.15) is 0 Å². The number of hydrogen-bond acceptors (Lipinski definition) is 2. The van der Waals surface area contributed by atoms with Gasteiger partial charge < -0.3 is 0 Å². The summed E-state index contributed by atoms with van der Waals surface area (Å²) in [5, 5.41) is 0. The molecule has 30 heavy (non-hydrogen) atoms. The van der Waals surface area contributed by atoms with Gasteiger partial charge in [-0.05, 0) is 48.5 Å². The summed E-state index contributed by atoms with van der Waals surface area (Å²) in [6, 6.07) is 31.4. The first-order valence-corrected chi connectivity index (χ1v) is 9.49. The van der Waals surface area contributed by atoms with Crippen LogP contribution in [0, 0.1) is 11.6 Å². The molecule has 4 heteroatoms. The van der Waals surface area contributed by atoms with Crippen LogP contribution in [0.2, 0.25) is 0 Å². The minimum atomic E-state index is -0.321. The molecule has 4 aromatic rings. The highest BCUT2D eigenvalue weighted by molar-refractivity contribution is 6.54. The van der Waals surface area contributed by atoms with Gasteiger partial charge >= 0.3 is 0 Å². The molecule has 0 unspecified atom stereocenters. The third-order valence-electron chi connectivity index (χ3n) is 4.45. The number of nitrogens with zero attached hydrogens (tertiary/aromatic N) is 2. The van der Waals surface area contributed by atoms with Crippen molar-refractivity contribution < 1.29 is 8.78 Å². The first kappa shape index (κ1) is 19.4. The van der Waals surface area contributed by atoms with Crippen molar-refractivity contribution in [2.24, 2.45) is 9.98 Å². The summed E-state index contributed by atoms with van der Waals surface area (Å²) in [4.78, 5) is 9.61. The zero-order valence-electron chi connectivity index (χ0n) is 16.0. The van der Waals surface area contributed by atoms with Crippen LogP contribution in [0.5, 0.6) is 0 Å². The van der Waals surface area contributed by atoms with Crippen LogP contribution < -0.4 is 0 Å². The Bertz CT molecular complexity index is 1070. The Hall–Kier alpha value is -3.92. The smallest absolute Gasteiger partial charge is 0.123 e. The third-order valence-corrected chi connectivity index (χ3v) is 4.45. The second kappa shape index (κ2) is 9.05. The summed E-state index contributed by atoms with van der Waals surface area (Å²) in [6.45, 7) is 0. The highest BCUT2D eigenvalue weighted by Crippen LogP contribution is 2.21. The molecule has 0 saturated heterocycles. The van der Waals surface area contributed by atoms with E-state index < -0.39 is 0 Å². The van der Waals surface area contributed by atoms with E-state index in [1.54, 1.807) is 24.3 Å². The molecule has 4 rings (SSSR count). The molecule has 0 fully saturated rings. The molecule has 0 aromatic heterocycles. The van der Waals surface area contributed by atoms with Gasteiger partial charge in [0.25, 0.3) is 0 Å². The summed E-state index contributed by atoms with van der Waals surface area (Å²) in [7, 11) is 0. The van der Waals surface area contributed by atoms with Crippen LogP contribution in [0.1, 0.15) is 11.1 Å². The summed E-state index contributed by atoms with van der Waals surface area (Å²) in [5.74, 6) is -0.642. The minimum absolute atomic E-state index is 0.321. The fourth-order valence-electron chi connectivity index (χ4n) is 2.99. The molecule has 0 N–H and O–H groups in total. The maximum Gasteiger partial charge on any atom is 0.123 e. The molecule has 0 heterocycles. The van der Waals surface area contributed by atoms with Crippen molar-refractivity contribution >= 4 is 22.8 Å². The molecule has 0 atom stereocenters. The van der Waals surface area contributed by atoms with Crippen molar-refractivity contribution in [2.45, 2.75) is 0 Å². The predicted octanol–water partition coefficient (Wildman–Crippen LogP) is 6.91. The van der Waals surface area contributed by atoms with Gasteiger partial charge in [-0.1, -0.05) is 60.7 Å². The molecule has 0 amide bonds. The first-order chi connectivity index (χ1) is 14.7. The van der Waals surface area contributed by atoms with Gasteiger partial charge in [0.2, 0.25) is 0 Å². The molecule has 0 spiro atoms. The summed E-state index contributed by atoms with van der Waals surface area (Å²) >= 11 is 0. The van der Waals surface area contributed by atoms with Crippen molar-refractivity contribution in [1.29, 1.82) is 0 Å². The van der Waals surface area contributed by atoms with Crippen LogP contribution in [-0.4, -0.2) is 11.4 Å². The largest absolute Gasteiger partial charge is 0.246 e. The second-order valence-corrected chi connectivity index (χ2v) is 6.61. The summed E-state index contributed by atoms with van der Waals surface area (Å²) in [6.07, 6.45) is 0. The predicted molar refractivity (Wildman–Crippen MR) is 118 cm³/mol. The van der Waals surface area contributed by atoms with Gasteiger partial charge in [-0.3, -0.25) is 0 Å². The molecule has 4 aromatic carbocycles. The standard InChI is InChI=1S/C26H18F2N2/c27-21-11-15-23(16-12-21)29-25(19-7-3-1-4-8-19)26(20-9-5-2-6-10-20)30-24-17-13-22(28)14-18-24/h1-18H. The molecule has 0 aliphatic heterocycles. The molecule has 2 nitrogen and oxygen atoms in total. The monoisotopic (exact) mass is 396 g/mol. The molecule has 0 aliphatic rings. The number of halogens is 2. The number of hydrogen-bond donors (Lipinski definition) is 0. The topological polar surface area (TPSA) is 24.7 Å². The number of benzene rings is 4. The van der Waals surface area contributed by atoms with Gasteiger partial charge in [0.1, 0.15) is 11.6 Å². The van der Waals surface area contributed by atoms with Crippen molar-refractivity contribution in [3.63, 3.8) is 0 Å². The zero-order valence-corrected chi connectivity index (χ0v) is 16.0. The Morgan fingerprint density at radius 3 is 1.10 bits per heavy atom. The van der Waals surface area contributed by atoms with Gasteiger partial charge in [0, 0.05) is 11.1 Å². The molecular formula is C26H18F2N2. The molecule has 0 bridgehead atoms. The lowest BCUT2D eigenvalue weighted by molar-refractivity contribution is 0.627. The van der Waals surface area contributed by atoms with E-state index in [1.807, 2.05) is 60.7 Å². The Balaban J connectivity index is 1.93. The van der Waals surface area contributed by atoms with Crippen molar-refractivity contribution in [3.05, 3.63) is 132 Å². The molecule has 0 saturated carbocycles. The van der Waals surface area contributed by atoms with Crippen LogP contribution in [0.4, 0.5) is 20.2 Å². The van der Waals surface area contributed by atoms with E-state index >= 15 is 0 Å². The SMILES string of the molecule is Fc1ccc(N=C(C(=Nc2ccc(F)cc2)c2ccccc2)c2ccccc2)cc1. The first-order valence-electron chi connectivity index (χ1n) is 9.49. The maximum atomic E-state index is 13.4. The lowest BCUT2D eigenvalue weighted by Crippen LogP contribution is -2.17. The van der Waals surface area contributed by atoms with Crippen LogP contribution in [0.25, 0.3) is 0 Å². The normalized spacial score (nSPS) is 12.1. The average molecular weight is 396 g/mol. The van der Waals surface area contributed by atoms with E-state index in [0.717, 1.165) is 11.1 Å². The van der Waals surface area contributed by atoms with Crippen LogP contribution in [0.15, 0.2) is 119 Å². The Morgan fingerprint density at radius 2 is 0.767 bits per heavy atom. The van der Waals surface area contributed by atoms with Crippen molar-refractivity contribution in [2.75, 3.05) is 0 Å². The van der Waals surface area contributed by atoms with E-state index in [2.05, 4.69) is 0 Å². The Morgan fingerprint density at radius 1 is 0.433 bits per heavy atom. The van der Waals surface area contributed by atoms with Crippen LogP contribution in [0.3, 0.4) is 0 Å². The van der Waals surface area contributed by atoms with Crippen LogP contribution in [-0.2, 0) is 0 Å².